The number of benzene rings is 2. The molecule has 0 aliphatic carbocycles. The molecule has 0 aliphatic rings. The number of hydrogen-bond donors (Lipinski definition) is 1. The minimum absolute atomic E-state index is 0.263. The molecule has 0 fully saturated rings. The smallest absolute Gasteiger partial charge is 0.261 e. The number of carbonyl (C=O) groups excluding carboxylic acids is 1. The maximum atomic E-state index is 12.9. The molecule has 5 nitrogen and oxygen atoms in total. The summed E-state index contributed by atoms with van der Waals surface area (Å²) in [6, 6.07) is 20.6. The monoisotopic (exact) mass is 355 g/mol. The fraction of sp³-hybridized carbons (Fsp3) is 0.0455. The van der Waals surface area contributed by atoms with E-state index in [9.17, 15) is 4.79 Å². The Morgan fingerprint density at radius 3 is 2.63 bits per heavy atom. The van der Waals surface area contributed by atoms with Gasteiger partial charge in [0.05, 0.1) is 17.6 Å². The SMILES string of the molecule is Cc1ccc(N=c2oc3ccccc3cc2C(=O)Nc2cccnc2)cc1. The van der Waals surface area contributed by atoms with Crippen LogP contribution in [0.25, 0.3) is 11.0 Å². The first-order chi connectivity index (χ1) is 13.2. The van der Waals surface area contributed by atoms with Crippen LogP contribution in [0.2, 0.25) is 0 Å². The molecule has 1 N–H and O–H groups in total. The molecule has 0 saturated carbocycles. The van der Waals surface area contributed by atoms with Crippen molar-refractivity contribution in [3.8, 4) is 0 Å². The van der Waals surface area contributed by atoms with Crippen LogP contribution in [0.15, 0.2) is 88.5 Å². The molecule has 132 valence electrons. The lowest BCUT2D eigenvalue weighted by Crippen LogP contribution is -2.21. The van der Waals surface area contributed by atoms with E-state index in [0.717, 1.165) is 16.6 Å². The van der Waals surface area contributed by atoms with Gasteiger partial charge in [-0.1, -0.05) is 35.9 Å². The molecular formula is C22H17N3O2. The van der Waals surface area contributed by atoms with Crippen LogP contribution >= 0.6 is 0 Å². The van der Waals surface area contributed by atoms with Gasteiger partial charge in [0.2, 0.25) is 5.55 Å². The van der Waals surface area contributed by atoms with Crippen molar-refractivity contribution in [1.29, 1.82) is 0 Å². The minimum Gasteiger partial charge on any atom is -0.438 e. The summed E-state index contributed by atoms with van der Waals surface area (Å²) in [4.78, 5) is 21.4. The van der Waals surface area contributed by atoms with Crippen LogP contribution < -0.4 is 10.9 Å². The van der Waals surface area contributed by atoms with Gasteiger partial charge in [0.1, 0.15) is 11.1 Å². The summed E-state index contributed by atoms with van der Waals surface area (Å²) >= 11 is 0. The van der Waals surface area contributed by atoms with Gasteiger partial charge in [-0.25, -0.2) is 4.99 Å². The van der Waals surface area contributed by atoms with Gasteiger partial charge in [0.15, 0.2) is 0 Å². The summed E-state index contributed by atoms with van der Waals surface area (Å²) in [5.74, 6) is -0.302. The molecule has 2 heterocycles. The maximum absolute atomic E-state index is 12.9. The first-order valence-corrected chi connectivity index (χ1v) is 8.55. The number of hydrogen-bond acceptors (Lipinski definition) is 4. The fourth-order valence-electron chi connectivity index (χ4n) is 2.69. The predicted molar refractivity (Wildman–Crippen MR) is 105 cm³/mol. The summed E-state index contributed by atoms with van der Waals surface area (Å²) in [6.07, 6.45) is 3.24. The predicted octanol–water partition coefficient (Wildman–Crippen LogP) is 4.62. The molecule has 0 atom stereocenters. The lowest BCUT2D eigenvalue weighted by molar-refractivity contribution is 0.102. The third-order valence-electron chi connectivity index (χ3n) is 4.08. The number of aryl methyl sites for hydroxylation is 1. The molecule has 0 unspecified atom stereocenters. The summed E-state index contributed by atoms with van der Waals surface area (Å²) in [5, 5.41) is 3.67. The van der Waals surface area contributed by atoms with Gasteiger partial charge in [-0.3, -0.25) is 9.78 Å². The molecule has 0 bridgehead atoms. The van der Waals surface area contributed by atoms with Crippen molar-refractivity contribution in [3.05, 3.63) is 95.8 Å². The van der Waals surface area contributed by atoms with Gasteiger partial charge in [-0.2, -0.15) is 0 Å². The Bertz CT molecular complexity index is 1160. The van der Waals surface area contributed by atoms with Crippen LogP contribution in [0, 0.1) is 6.92 Å². The average molecular weight is 355 g/mol. The molecule has 0 aliphatic heterocycles. The third kappa shape index (κ3) is 3.77. The lowest BCUT2D eigenvalue weighted by atomic mass is 10.1. The number of rotatable bonds is 3. The van der Waals surface area contributed by atoms with Gasteiger partial charge in [-0.05, 0) is 43.3 Å². The van der Waals surface area contributed by atoms with E-state index in [2.05, 4.69) is 15.3 Å². The largest absolute Gasteiger partial charge is 0.438 e. The number of nitrogens with zero attached hydrogens (tertiary/aromatic N) is 2. The Kier molecular flexibility index (Phi) is 4.49. The standard InChI is InChI=1S/C22H17N3O2/c1-15-8-10-17(11-9-15)25-22-19(13-16-5-2-3-7-20(16)27-22)21(26)24-18-6-4-12-23-14-18/h2-14H,1H3,(H,24,26). The maximum Gasteiger partial charge on any atom is 0.261 e. The Balaban J connectivity index is 1.84. The average Bonchev–Trinajstić information content (AvgIpc) is 2.70. The molecule has 2 aromatic heterocycles. The van der Waals surface area contributed by atoms with Gasteiger partial charge in [0, 0.05) is 11.6 Å². The lowest BCUT2D eigenvalue weighted by Gasteiger charge is -2.06. The van der Waals surface area contributed by atoms with E-state index in [1.54, 1.807) is 30.6 Å². The zero-order valence-electron chi connectivity index (χ0n) is 14.7. The minimum atomic E-state index is -0.302. The fourth-order valence-corrected chi connectivity index (χ4v) is 2.69. The second kappa shape index (κ2) is 7.25. The highest BCUT2D eigenvalue weighted by Crippen LogP contribution is 2.16. The number of anilines is 1. The number of amides is 1. The van der Waals surface area contributed by atoms with Gasteiger partial charge >= 0.3 is 0 Å². The molecule has 1 amide bonds. The van der Waals surface area contributed by atoms with Gasteiger partial charge in [-0.15, -0.1) is 0 Å². The number of fused-ring (bicyclic) bond motifs is 1. The van der Waals surface area contributed by atoms with Crippen molar-refractivity contribution in [2.24, 2.45) is 4.99 Å². The molecule has 0 saturated heterocycles. The summed E-state index contributed by atoms with van der Waals surface area (Å²) in [5.41, 5.74) is 3.75. The molecule has 5 heteroatoms. The van der Waals surface area contributed by atoms with Gasteiger partial charge < -0.3 is 9.73 Å². The zero-order valence-corrected chi connectivity index (χ0v) is 14.7. The van der Waals surface area contributed by atoms with E-state index in [0.29, 0.717) is 16.8 Å². The van der Waals surface area contributed by atoms with E-state index in [1.807, 2.05) is 55.5 Å². The van der Waals surface area contributed by atoms with E-state index < -0.39 is 0 Å². The Morgan fingerprint density at radius 2 is 1.85 bits per heavy atom. The first kappa shape index (κ1) is 16.7. The highest BCUT2D eigenvalue weighted by molar-refractivity contribution is 6.05. The van der Waals surface area contributed by atoms with E-state index in [-0.39, 0.29) is 11.5 Å². The Labute approximate surface area is 156 Å². The molecule has 4 aromatic rings. The van der Waals surface area contributed by atoms with Crippen molar-refractivity contribution in [3.63, 3.8) is 0 Å². The number of aromatic nitrogens is 1. The number of carbonyl (C=O) groups is 1. The number of pyridine rings is 1. The number of nitrogens with one attached hydrogen (secondary N) is 1. The Hall–Kier alpha value is -3.73. The molecule has 0 spiro atoms. The Morgan fingerprint density at radius 1 is 1.04 bits per heavy atom. The van der Waals surface area contributed by atoms with Crippen LogP contribution in [0.5, 0.6) is 0 Å². The molecule has 0 radical (unpaired) electrons. The second-order valence-electron chi connectivity index (χ2n) is 6.15. The van der Waals surface area contributed by atoms with Crippen LogP contribution in [-0.2, 0) is 0 Å². The van der Waals surface area contributed by atoms with Crippen LogP contribution in [0.4, 0.5) is 11.4 Å². The van der Waals surface area contributed by atoms with Crippen molar-refractivity contribution in [2.75, 3.05) is 5.32 Å². The van der Waals surface area contributed by atoms with Crippen molar-refractivity contribution in [1.82, 2.24) is 4.98 Å². The van der Waals surface area contributed by atoms with Crippen molar-refractivity contribution >= 4 is 28.3 Å². The molecule has 2 aromatic carbocycles. The van der Waals surface area contributed by atoms with Crippen molar-refractivity contribution in [2.45, 2.75) is 6.92 Å². The van der Waals surface area contributed by atoms with Gasteiger partial charge in [0.25, 0.3) is 5.91 Å². The molecule has 27 heavy (non-hydrogen) atoms. The highest BCUT2D eigenvalue weighted by atomic mass is 16.3. The van der Waals surface area contributed by atoms with Crippen molar-refractivity contribution < 1.29 is 9.21 Å². The zero-order chi connectivity index (χ0) is 18.6. The van der Waals surface area contributed by atoms with Crippen LogP contribution in [0.1, 0.15) is 15.9 Å². The third-order valence-corrected chi connectivity index (χ3v) is 4.08. The first-order valence-electron chi connectivity index (χ1n) is 8.55. The topological polar surface area (TPSA) is 67.5 Å². The summed E-state index contributed by atoms with van der Waals surface area (Å²) in [6.45, 7) is 2.01. The van der Waals surface area contributed by atoms with Crippen LogP contribution in [-0.4, -0.2) is 10.9 Å². The van der Waals surface area contributed by atoms with E-state index >= 15 is 0 Å². The molecular weight excluding hydrogens is 338 g/mol. The van der Waals surface area contributed by atoms with Crippen LogP contribution in [0.3, 0.4) is 0 Å². The summed E-state index contributed by atoms with van der Waals surface area (Å²) in [7, 11) is 0. The normalized spacial score (nSPS) is 11.5. The van der Waals surface area contributed by atoms with E-state index in [4.69, 9.17) is 4.42 Å². The highest BCUT2D eigenvalue weighted by Gasteiger charge is 2.13. The quantitative estimate of drug-likeness (QED) is 0.583. The summed E-state index contributed by atoms with van der Waals surface area (Å²) < 4.78 is 5.94. The molecule has 4 rings (SSSR count). The second-order valence-corrected chi connectivity index (χ2v) is 6.15. The van der Waals surface area contributed by atoms with E-state index in [1.165, 1.54) is 0 Å². The number of para-hydroxylation sites is 1.